The van der Waals surface area contributed by atoms with Gasteiger partial charge in [-0.3, -0.25) is 9.59 Å². The maximum absolute atomic E-state index is 13.1. The Morgan fingerprint density at radius 1 is 1.25 bits per heavy atom. The Bertz CT molecular complexity index is 896. The van der Waals surface area contributed by atoms with Crippen LogP contribution in [0.1, 0.15) is 37.8 Å². The van der Waals surface area contributed by atoms with Crippen molar-refractivity contribution in [3.63, 3.8) is 0 Å². The number of carbonyl (C=O) groups excluding carboxylic acids is 2. The summed E-state index contributed by atoms with van der Waals surface area (Å²) in [6.45, 7) is 6.41. The average Bonchev–Trinajstić information content (AvgIpc) is 2.66. The minimum absolute atomic E-state index is 0.319. The number of carbonyl (C=O) groups is 2. The highest BCUT2D eigenvalue weighted by Gasteiger charge is 2.42. The van der Waals surface area contributed by atoms with Gasteiger partial charge in [-0.1, -0.05) is 19.1 Å². The van der Waals surface area contributed by atoms with Crippen LogP contribution in [0.15, 0.2) is 36.5 Å². The molecular weight excluding hydrogens is 354 g/mol. The Labute approximate surface area is 165 Å². The maximum atomic E-state index is 13.1. The number of pyridine rings is 1. The van der Waals surface area contributed by atoms with Crippen molar-refractivity contribution < 1.29 is 9.59 Å². The number of likely N-dealkylation sites (tertiary alicyclic amines) is 1. The Balaban J connectivity index is 1.86. The highest BCUT2D eigenvalue weighted by molar-refractivity contribution is 6.39. The molecule has 2 atom stereocenters. The van der Waals surface area contributed by atoms with E-state index in [1.165, 1.54) is 6.20 Å². The van der Waals surface area contributed by atoms with Gasteiger partial charge in [0.2, 0.25) is 0 Å². The zero-order valence-corrected chi connectivity index (χ0v) is 16.5. The molecule has 1 aromatic carbocycles. The second kappa shape index (κ2) is 7.50. The summed E-state index contributed by atoms with van der Waals surface area (Å²) in [6.07, 6.45) is 3.21. The molecule has 0 unspecified atom stereocenters. The van der Waals surface area contributed by atoms with Gasteiger partial charge in [-0.05, 0) is 61.9 Å². The van der Waals surface area contributed by atoms with Gasteiger partial charge < -0.3 is 21.7 Å². The molecule has 0 radical (unpaired) electrons. The summed E-state index contributed by atoms with van der Waals surface area (Å²) >= 11 is 0. The molecule has 148 valence electrons. The van der Waals surface area contributed by atoms with Crippen LogP contribution >= 0.6 is 0 Å². The third-order valence-electron chi connectivity index (χ3n) is 5.56. The first-order valence-electron chi connectivity index (χ1n) is 9.42. The molecule has 1 saturated heterocycles. The lowest BCUT2D eigenvalue weighted by Gasteiger charge is -2.47. The van der Waals surface area contributed by atoms with Crippen molar-refractivity contribution in [1.82, 2.24) is 9.88 Å². The van der Waals surface area contributed by atoms with Crippen LogP contribution in [0.4, 0.5) is 17.2 Å². The topological polar surface area (TPSA) is 114 Å². The third kappa shape index (κ3) is 3.78. The molecule has 2 amide bonds. The Morgan fingerprint density at radius 2 is 1.93 bits per heavy atom. The first-order chi connectivity index (χ1) is 13.2. The fourth-order valence-electron chi connectivity index (χ4n) is 3.68. The summed E-state index contributed by atoms with van der Waals surface area (Å²) in [4.78, 5) is 31.5. The molecule has 1 aliphatic rings. The van der Waals surface area contributed by atoms with Gasteiger partial charge in [-0.15, -0.1) is 0 Å². The molecule has 0 aliphatic carbocycles. The van der Waals surface area contributed by atoms with Crippen molar-refractivity contribution in [2.75, 3.05) is 23.3 Å². The standard InChI is InChI=1S/C21H27N5O2/c1-13-8-9-21(3,15-4-6-16(22)7-5-15)26(12-13)20(28)19(27)25-17-10-14(2)18(23)24-11-17/h4-7,10-11,13H,8-9,12,22H2,1-3H3,(H2,23,24)(H,25,27)/t13-,21-/m0/s1. The van der Waals surface area contributed by atoms with Gasteiger partial charge in [0.15, 0.2) is 0 Å². The number of nitrogens with one attached hydrogen (secondary N) is 1. The van der Waals surface area contributed by atoms with Gasteiger partial charge in [-0.25, -0.2) is 4.98 Å². The molecular formula is C21H27N5O2. The lowest BCUT2D eigenvalue weighted by molar-refractivity contribution is -0.150. The average molecular weight is 381 g/mol. The van der Waals surface area contributed by atoms with Crippen molar-refractivity contribution in [3.05, 3.63) is 47.7 Å². The number of hydrogen-bond donors (Lipinski definition) is 3. The van der Waals surface area contributed by atoms with Gasteiger partial charge in [0.1, 0.15) is 5.82 Å². The second-order valence-electron chi connectivity index (χ2n) is 7.84. The van der Waals surface area contributed by atoms with Crippen molar-refractivity contribution in [3.8, 4) is 0 Å². The minimum atomic E-state index is -0.679. The van der Waals surface area contributed by atoms with Crippen LogP contribution in [-0.4, -0.2) is 28.2 Å². The van der Waals surface area contributed by atoms with E-state index in [1.807, 2.05) is 31.2 Å². The van der Waals surface area contributed by atoms with Crippen LogP contribution in [0.25, 0.3) is 0 Å². The summed E-state index contributed by atoms with van der Waals surface area (Å²) < 4.78 is 0. The van der Waals surface area contributed by atoms with Gasteiger partial charge in [-0.2, -0.15) is 0 Å². The first kappa shape index (κ1) is 19.7. The maximum Gasteiger partial charge on any atom is 0.313 e. The molecule has 0 spiro atoms. The van der Waals surface area contributed by atoms with Crippen molar-refractivity contribution in [1.29, 1.82) is 0 Å². The number of hydrogen-bond acceptors (Lipinski definition) is 5. The number of amides is 2. The predicted octanol–water partition coefficient (Wildman–Crippen LogP) is 2.67. The number of nitrogens with two attached hydrogens (primary N) is 2. The van der Waals surface area contributed by atoms with E-state index in [-0.39, 0.29) is 0 Å². The Kier molecular flexibility index (Phi) is 5.27. The molecule has 7 nitrogen and oxygen atoms in total. The van der Waals surface area contributed by atoms with Crippen LogP contribution in [0, 0.1) is 12.8 Å². The van der Waals surface area contributed by atoms with Gasteiger partial charge in [0.05, 0.1) is 17.4 Å². The van der Waals surface area contributed by atoms with Crippen LogP contribution in [0.3, 0.4) is 0 Å². The van der Waals surface area contributed by atoms with Crippen molar-refractivity contribution >= 4 is 29.0 Å². The zero-order valence-electron chi connectivity index (χ0n) is 16.5. The van der Waals surface area contributed by atoms with Crippen LogP contribution < -0.4 is 16.8 Å². The second-order valence-corrected chi connectivity index (χ2v) is 7.84. The van der Waals surface area contributed by atoms with Gasteiger partial charge >= 0.3 is 11.8 Å². The monoisotopic (exact) mass is 381 g/mol. The van der Waals surface area contributed by atoms with E-state index in [4.69, 9.17) is 11.5 Å². The molecule has 0 bridgehead atoms. The number of aromatic nitrogens is 1. The highest BCUT2D eigenvalue weighted by Crippen LogP contribution is 2.39. The molecule has 2 heterocycles. The first-order valence-corrected chi connectivity index (χ1v) is 9.42. The summed E-state index contributed by atoms with van der Waals surface area (Å²) in [5, 5.41) is 2.65. The number of piperidine rings is 1. The Hall–Kier alpha value is -3.09. The quantitative estimate of drug-likeness (QED) is 0.546. The van der Waals surface area contributed by atoms with E-state index >= 15 is 0 Å². The van der Waals surface area contributed by atoms with E-state index in [2.05, 4.69) is 17.2 Å². The van der Waals surface area contributed by atoms with Crippen LogP contribution in [0.5, 0.6) is 0 Å². The SMILES string of the molecule is Cc1cc(NC(=O)C(=O)N2C[C@@H](C)CC[C@@]2(C)c2ccc(N)cc2)cnc1N. The fourth-order valence-corrected chi connectivity index (χ4v) is 3.68. The summed E-state index contributed by atoms with van der Waals surface area (Å²) in [7, 11) is 0. The molecule has 0 saturated carbocycles. The number of nitrogen functional groups attached to an aromatic ring is 2. The summed E-state index contributed by atoms with van der Waals surface area (Å²) in [5.41, 5.74) is 13.8. The number of aryl methyl sites for hydroxylation is 1. The van der Waals surface area contributed by atoms with Crippen LogP contribution in [-0.2, 0) is 15.1 Å². The Morgan fingerprint density at radius 3 is 2.57 bits per heavy atom. The third-order valence-corrected chi connectivity index (χ3v) is 5.56. The molecule has 28 heavy (non-hydrogen) atoms. The van der Waals surface area contributed by atoms with E-state index in [0.717, 1.165) is 24.0 Å². The van der Waals surface area contributed by atoms with E-state index in [9.17, 15) is 9.59 Å². The highest BCUT2D eigenvalue weighted by atomic mass is 16.2. The molecule has 5 N–H and O–H groups in total. The summed E-state index contributed by atoms with van der Waals surface area (Å²) in [5.74, 6) is -0.522. The van der Waals surface area contributed by atoms with E-state index in [1.54, 1.807) is 17.9 Å². The fraction of sp³-hybridized carbons (Fsp3) is 0.381. The number of rotatable bonds is 2. The molecule has 1 fully saturated rings. The van der Waals surface area contributed by atoms with E-state index < -0.39 is 17.4 Å². The summed E-state index contributed by atoms with van der Waals surface area (Å²) in [6, 6.07) is 9.20. The molecule has 3 rings (SSSR count). The normalized spacial score (nSPS) is 22.0. The van der Waals surface area contributed by atoms with Crippen molar-refractivity contribution in [2.45, 2.75) is 39.2 Å². The zero-order chi connectivity index (χ0) is 20.5. The molecule has 1 aromatic heterocycles. The molecule has 2 aromatic rings. The smallest absolute Gasteiger partial charge is 0.313 e. The predicted molar refractivity (Wildman–Crippen MR) is 110 cm³/mol. The van der Waals surface area contributed by atoms with Gasteiger partial charge in [0, 0.05) is 12.2 Å². The van der Waals surface area contributed by atoms with Gasteiger partial charge in [0.25, 0.3) is 0 Å². The largest absolute Gasteiger partial charge is 0.399 e. The lowest BCUT2D eigenvalue weighted by Crippen LogP contribution is -2.55. The lowest BCUT2D eigenvalue weighted by atomic mass is 9.79. The van der Waals surface area contributed by atoms with Crippen molar-refractivity contribution in [2.24, 2.45) is 5.92 Å². The number of nitrogens with zero attached hydrogens (tertiary/aromatic N) is 2. The number of benzene rings is 1. The molecule has 7 heteroatoms. The molecule has 1 aliphatic heterocycles. The van der Waals surface area contributed by atoms with E-state index in [0.29, 0.717) is 29.7 Å². The number of anilines is 3. The minimum Gasteiger partial charge on any atom is -0.399 e. The van der Waals surface area contributed by atoms with Crippen LogP contribution in [0.2, 0.25) is 0 Å².